The third-order valence-electron chi connectivity index (χ3n) is 3.06. The number of anilines is 1. The molecule has 0 aromatic carbocycles. The molecule has 1 aliphatic carbocycles. The molecule has 0 radical (unpaired) electrons. The van der Waals surface area contributed by atoms with Crippen LogP contribution in [0.1, 0.15) is 35.8 Å². The highest BCUT2D eigenvalue weighted by molar-refractivity contribution is 7.07. The maximum atomic E-state index is 11.1. The van der Waals surface area contributed by atoms with Gasteiger partial charge in [-0.2, -0.15) is 0 Å². The molecule has 1 saturated carbocycles. The van der Waals surface area contributed by atoms with Gasteiger partial charge < -0.3 is 10.3 Å². The number of hydrogen-bond acceptors (Lipinski definition) is 5. The van der Waals surface area contributed by atoms with Gasteiger partial charge in [-0.15, -0.1) is 0 Å². The molecule has 2 aromatic rings. The fraction of sp³-hybridized carbons (Fsp3) is 0.417. The molecule has 1 fully saturated rings. The molecule has 3 rings (SSSR count). The Bertz CT molecular complexity index is 662. The van der Waals surface area contributed by atoms with Gasteiger partial charge in [0.25, 0.3) is 0 Å². The minimum atomic E-state index is -0.0482. The third-order valence-corrected chi connectivity index (χ3v) is 4.15. The van der Waals surface area contributed by atoms with Crippen LogP contribution >= 0.6 is 22.9 Å². The lowest BCUT2D eigenvalue weighted by molar-refractivity contribution is 0.908. The van der Waals surface area contributed by atoms with Crippen molar-refractivity contribution < 1.29 is 0 Å². The van der Waals surface area contributed by atoms with Crippen molar-refractivity contribution in [1.82, 2.24) is 15.0 Å². The van der Waals surface area contributed by atoms with Gasteiger partial charge >= 0.3 is 4.87 Å². The largest absolute Gasteiger partial charge is 0.364 e. The molecule has 0 saturated heterocycles. The smallest absolute Gasteiger partial charge is 0.304 e. The summed E-state index contributed by atoms with van der Waals surface area (Å²) in [7, 11) is 0. The third kappa shape index (κ3) is 2.79. The van der Waals surface area contributed by atoms with E-state index in [2.05, 4.69) is 20.3 Å². The maximum absolute atomic E-state index is 11.1. The SMILES string of the molecule is Cc1c(Cl)nc(C2CC2)nc1NCc1csc(=O)[nH]1. The number of nitrogens with one attached hydrogen (secondary N) is 2. The zero-order valence-electron chi connectivity index (χ0n) is 10.4. The summed E-state index contributed by atoms with van der Waals surface area (Å²) in [4.78, 5) is 22.6. The highest BCUT2D eigenvalue weighted by Gasteiger charge is 2.27. The van der Waals surface area contributed by atoms with Gasteiger partial charge in [-0.25, -0.2) is 9.97 Å². The second kappa shape index (κ2) is 4.94. The number of rotatable bonds is 4. The molecule has 2 heterocycles. The lowest BCUT2D eigenvalue weighted by atomic mass is 10.3. The highest BCUT2D eigenvalue weighted by atomic mass is 35.5. The Morgan fingerprint density at radius 2 is 2.32 bits per heavy atom. The van der Waals surface area contributed by atoms with Crippen molar-refractivity contribution in [3.05, 3.63) is 37.3 Å². The van der Waals surface area contributed by atoms with Crippen LogP contribution in [0.15, 0.2) is 10.2 Å². The van der Waals surface area contributed by atoms with Gasteiger partial charge in [-0.05, 0) is 19.8 Å². The second-order valence-electron chi connectivity index (χ2n) is 4.65. The molecule has 100 valence electrons. The van der Waals surface area contributed by atoms with Crippen LogP contribution in [0, 0.1) is 6.92 Å². The van der Waals surface area contributed by atoms with Crippen molar-refractivity contribution >= 4 is 28.8 Å². The van der Waals surface area contributed by atoms with Crippen molar-refractivity contribution in [2.24, 2.45) is 0 Å². The van der Waals surface area contributed by atoms with Gasteiger partial charge in [0.15, 0.2) is 0 Å². The van der Waals surface area contributed by atoms with E-state index in [1.807, 2.05) is 6.92 Å². The lowest BCUT2D eigenvalue weighted by Gasteiger charge is -2.10. The average Bonchev–Trinajstić information content (AvgIpc) is 3.15. The van der Waals surface area contributed by atoms with E-state index in [-0.39, 0.29) is 4.87 Å². The summed E-state index contributed by atoms with van der Waals surface area (Å²) in [5.74, 6) is 2.02. The Morgan fingerprint density at radius 1 is 1.53 bits per heavy atom. The van der Waals surface area contributed by atoms with E-state index >= 15 is 0 Å². The maximum Gasteiger partial charge on any atom is 0.304 e. The first-order valence-electron chi connectivity index (χ1n) is 6.08. The summed E-state index contributed by atoms with van der Waals surface area (Å²) in [6.45, 7) is 2.41. The first kappa shape index (κ1) is 12.6. The zero-order valence-corrected chi connectivity index (χ0v) is 11.9. The van der Waals surface area contributed by atoms with Crippen LogP contribution in [0.4, 0.5) is 5.82 Å². The van der Waals surface area contributed by atoms with Crippen molar-refractivity contribution in [2.45, 2.75) is 32.2 Å². The van der Waals surface area contributed by atoms with Gasteiger partial charge in [-0.1, -0.05) is 22.9 Å². The summed E-state index contributed by atoms with van der Waals surface area (Å²) < 4.78 is 0. The summed E-state index contributed by atoms with van der Waals surface area (Å²) in [5.41, 5.74) is 1.68. The molecule has 0 unspecified atom stereocenters. The van der Waals surface area contributed by atoms with Gasteiger partial charge in [0.2, 0.25) is 0 Å². The van der Waals surface area contributed by atoms with E-state index < -0.39 is 0 Å². The minimum Gasteiger partial charge on any atom is -0.364 e. The van der Waals surface area contributed by atoms with Crippen LogP contribution in [0.3, 0.4) is 0 Å². The molecule has 5 nitrogen and oxygen atoms in total. The molecule has 2 aromatic heterocycles. The molecule has 0 atom stereocenters. The highest BCUT2D eigenvalue weighted by Crippen LogP contribution is 2.39. The molecule has 0 amide bonds. The standard InChI is InChI=1S/C12H13ClN4OS/c1-6-9(13)16-11(7-2-3-7)17-10(6)14-4-8-5-19-12(18)15-8/h5,7H,2-4H2,1H3,(H,15,18)(H,14,16,17). The van der Waals surface area contributed by atoms with Crippen LogP contribution in [0.5, 0.6) is 0 Å². The Labute approximate surface area is 119 Å². The van der Waals surface area contributed by atoms with E-state index in [1.165, 1.54) is 0 Å². The van der Waals surface area contributed by atoms with E-state index in [1.54, 1.807) is 5.38 Å². The Balaban J connectivity index is 1.81. The predicted octanol–water partition coefficient (Wildman–Crippen LogP) is 2.68. The monoisotopic (exact) mass is 296 g/mol. The minimum absolute atomic E-state index is 0.0482. The van der Waals surface area contributed by atoms with Crippen LogP contribution in [-0.2, 0) is 6.54 Å². The van der Waals surface area contributed by atoms with Crippen LogP contribution in [0.25, 0.3) is 0 Å². The van der Waals surface area contributed by atoms with Crippen molar-refractivity contribution in [2.75, 3.05) is 5.32 Å². The quantitative estimate of drug-likeness (QED) is 0.851. The van der Waals surface area contributed by atoms with Crippen LogP contribution in [-0.4, -0.2) is 15.0 Å². The van der Waals surface area contributed by atoms with Gasteiger partial charge in [-0.3, -0.25) is 4.79 Å². The van der Waals surface area contributed by atoms with Crippen molar-refractivity contribution in [3.63, 3.8) is 0 Å². The number of H-pyrrole nitrogens is 1. The number of hydrogen-bond donors (Lipinski definition) is 2. The van der Waals surface area contributed by atoms with Crippen LogP contribution < -0.4 is 10.2 Å². The summed E-state index contributed by atoms with van der Waals surface area (Å²) in [6.07, 6.45) is 2.27. The normalized spacial score (nSPS) is 14.6. The molecular formula is C12H13ClN4OS. The molecule has 0 spiro atoms. The van der Waals surface area contributed by atoms with Crippen molar-refractivity contribution in [3.8, 4) is 0 Å². The Morgan fingerprint density at radius 3 is 2.95 bits per heavy atom. The number of halogens is 1. The predicted molar refractivity (Wildman–Crippen MR) is 76.0 cm³/mol. The fourth-order valence-corrected chi connectivity index (χ4v) is 2.54. The van der Waals surface area contributed by atoms with Gasteiger partial charge in [0.1, 0.15) is 16.8 Å². The molecule has 1 aliphatic rings. The van der Waals surface area contributed by atoms with E-state index in [4.69, 9.17) is 11.6 Å². The molecule has 19 heavy (non-hydrogen) atoms. The van der Waals surface area contributed by atoms with Crippen LogP contribution in [0.2, 0.25) is 5.15 Å². The number of nitrogens with zero attached hydrogens (tertiary/aromatic N) is 2. The Kier molecular flexibility index (Phi) is 3.28. The second-order valence-corrected chi connectivity index (χ2v) is 5.85. The number of aromatic amines is 1. The van der Waals surface area contributed by atoms with Gasteiger partial charge in [0.05, 0.1) is 6.54 Å². The summed E-state index contributed by atoms with van der Waals surface area (Å²) in [6, 6.07) is 0. The first-order chi connectivity index (χ1) is 9.13. The molecule has 7 heteroatoms. The molecule has 0 aliphatic heterocycles. The average molecular weight is 297 g/mol. The fourth-order valence-electron chi connectivity index (χ4n) is 1.78. The van der Waals surface area contributed by atoms with Crippen molar-refractivity contribution in [1.29, 1.82) is 0 Å². The number of thiazole rings is 1. The number of aromatic nitrogens is 3. The van der Waals surface area contributed by atoms with E-state index in [0.29, 0.717) is 17.6 Å². The molecule has 2 N–H and O–H groups in total. The lowest BCUT2D eigenvalue weighted by Crippen LogP contribution is -2.08. The molecular weight excluding hydrogens is 284 g/mol. The Hall–Kier alpha value is -1.40. The topological polar surface area (TPSA) is 70.7 Å². The summed E-state index contributed by atoms with van der Waals surface area (Å²) in [5, 5.41) is 5.51. The van der Waals surface area contributed by atoms with E-state index in [9.17, 15) is 4.79 Å². The van der Waals surface area contributed by atoms with E-state index in [0.717, 1.165) is 47.1 Å². The summed E-state index contributed by atoms with van der Waals surface area (Å²) >= 11 is 7.28. The van der Waals surface area contributed by atoms with Gasteiger partial charge in [0, 0.05) is 22.6 Å². The molecule has 0 bridgehead atoms. The zero-order chi connectivity index (χ0) is 13.4. The first-order valence-corrected chi connectivity index (χ1v) is 7.34.